The van der Waals surface area contributed by atoms with Crippen LogP contribution in [0.1, 0.15) is 19.8 Å². The van der Waals surface area contributed by atoms with Crippen LogP contribution in [0.4, 0.5) is 0 Å². The monoisotopic (exact) mass is 264 g/mol. The number of aryl methyl sites for hydroxylation is 1. The Bertz CT molecular complexity index is 644. The molecule has 0 aromatic carbocycles. The van der Waals surface area contributed by atoms with Gasteiger partial charge in [-0.25, -0.2) is 4.98 Å². The molecule has 2 aromatic rings. The van der Waals surface area contributed by atoms with Crippen LogP contribution in [0, 0.1) is 0 Å². The van der Waals surface area contributed by atoms with Crippen LogP contribution >= 0.6 is 0 Å². The lowest BCUT2D eigenvalue weighted by Crippen LogP contribution is -2.25. The molecule has 102 valence electrons. The molecule has 0 atom stereocenters. The molecule has 0 saturated heterocycles. The minimum Gasteiger partial charge on any atom is -0.464 e. The zero-order valence-electron chi connectivity index (χ0n) is 11.0. The largest absolute Gasteiger partial charge is 0.464 e. The number of unbranched alkanes of at least 4 members (excludes halogenated alkanes) is 1. The first-order valence-electron chi connectivity index (χ1n) is 6.16. The van der Waals surface area contributed by atoms with Gasteiger partial charge in [-0.15, -0.1) is 0 Å². The van der Waals surface area contributed by atoms with Gasteiger partial charge < -0.3 is 4.74 Å². The van der Waals surface area contributed by atoms with E-state index < -0.39 is 5.97 Å². The molecule has 0 bridgehead atoms. The van der Waals surface area contributed by atoms with E-state index in [2.05, 4.69) is 10.1 Å². The van der Waals surface area contributed by atoms with E-state index >= 15 is 0 Å². The number of hydrogen-bond acceptors (Lipinski definition) is 5. The molecule has 0 amide bonds. The Morgan fingerprint density at radius 1 is 1.47 bits per heavy atom. The van der Waals surface area contributed by atoms with Gasteiger partial charge in [-0.1, -0.05) is 13.3 Å². The van der Waals surface area contributed by atoms with Crippen molar-refractivity contribution in [1.82, 2.24) is 19.3 Å². The van der Waals surface area contributed by atoms with Crippen LogP contribution in [0.2, 0.25) is 0 Å². The number of esters is 1. The number of rotatable bonds is 5. The lowest BCUT2D eigenvalue weighted by Gasteiger charge is -2.06. The predicted octanol–water partition coefficient (Wildman–Crippen LogP) is 0.473. The summed E-state index contributed by atoms with van der Waals surface area (Å²) in [5, 5.41) is 4.36. The number of hydrogen-bond donors (Lipinski definition) is 0. The van der Waals surface area contributed by atoms with Gasteiger partial charge in [0.15, 0.2) is 5.65 Å². The number of carbonyl (C=O) groups excluding carboxylic acids is 1. The maximum atomic E-state index is 12.1. The summed E-state index contributed by atoms with van der Waals surface area (Å²) in [5.41, 5.74) is 0.214. The van der Waals surface area contributed by atoms with Crippen molar-refractivity contribution in [2.24, 2.45) is 7.05 Å². The van der Waals surface area contributed by atoms with E-state index in [0.29, 0.717) is 17.6 Å². The van der Waals surface area contributed by atoms with Crippen molar-refractivity contribution < 1.29 is 9.53 Å². The summed E-state index contributed by atoms with van der Waals surface area (Å²) in [6.45, 7) is 2.27. The highest BCUT2D eigenvalue weighted by atomic mass is 16.5. The van der Waals surface area contributed by atoms with Gasteiger partial charge in [0.05, 0.1) is 12.8 Å². The van der Waals surface area contributed by atoms with Gasteiger partial charge in [0.1, 0.15) is 18.3 Å². The minimum absolute atomic E-state index is 0.125. The van der Waals surface area contributed by atoms with E-state index in [1.807, 2.05) is 6.92 Å². The first-order chi connectivity index (χ1) is 9.13. The number of nitrogens with zero attached hydrogens (tertiary/aromatic N) is 4. The Morgan fingerprint density at radius 3 is 3.00 bits per heavy atom. The highest BCUT2D eigenvalue weighted by Gasteiger charge is 2.11. The molecule has 0 N–H and O–H groups in total. The molecule has 0 aliphatic carbocycles. The number of fused-ring (bicyclic) bond motifs is 1. The Morgan fingerprint density at radius 2 is 2.26 bits per heavy atom. The van der Waals surface area contributed by atoms with Gasteiger partial charge in [0, 0.05) is 7.05 Å². The lowest BCUT2D eigenvalue weighted by molar-refractivity contribution is -0.144. The minimum atomic E-state index is -0.430. The molecule has 0 spiro atoms. The summed E-state index contributed by atoms with van der Waals surface area (Å²) in [5.74, 6) is -0.430. The second-order valence-corrected chi connectivity index (χ2v) is 4.26. The summed E-state index contributed by atoms with van der Waals surface area (Å²) in [7, 11) is 1.71. The Labute approximate surface area is 109 Å². The second kappa shape index (κ2) is 5.64. The van der Waals surface area contributed by atoms with Gasteiger partial charge in [0.25, 0.3) is 5.56 Å². The third kappa shape index (κ3) is 2.81. The van der Waals surface area contributed by atoms with Crippen molar-refractivity contribution in [3.05, 3.63) is 22.9 Å². The average Bonchev–Trinajstić information content (AvgIpc) is 2.76. The summed E-state index contributed by atoms with van der Waals surface area (Å²) >= 11 is 0. The van der Waals surface area contributed by atoms with E-state index in [9.17, 15) is 9.59 Å². The van der Waals surface area contributed by atoms with E-state index in [1.54, 1.807) is 7.05 Å². The fourth-order valence-corrected chi connectivity index (χ4v) is 1.69. The van der Waals surface area contributed by atoms with E-state index in [1.165, 1.54) is 21.8 Å². The molecular formula is C12H16N4O3. The molecule has 0 unspecified atom stereocenters. The zero-order chi connectivity index (χ0) is 13.8. The number of ether oxygens (including phenoxy) is 1. The van der Waals surface area contributed by atoms with Crippen LogP contribution in [0.3, 0.4) is 0 Å². The van der Waals surface area contributed by atoms with Gasteiger partial charge in [-0.05, 0) is 6.42 Å². The number of aromatic nitrogens is 4. The quantitative estimate of drug-likeness (QED) is 0.579. The van der Waals surface area contributed by atoms with Gasteiger partial charge >= 0.3 is 5.97 Å². The molecule has 0 radical (unpaired) electrons. The van der Waals surface area contributed by atoms with Crippen molar-refractivity contribution in [3.8, 4) is 0 Å². The first-order valence-corrected chi connectivity index (χ1v) is 6.16. The maximum Gasteiger partial charge on any atom is 0.326 e. The fourth-order valence-electron chi connectivity index (χ4n) is 1.69. The summed E-state index contributed by atoms with van der Waals surface area (Å²) < 4.78 is 7.76. The van der Waals surface area contributed by atoms with Crippen LogP contribution in [0.5, 0.6) is 0 Å². The van der Waals surface area contributed by atoms with Gasteiger partial charge in [-0.3, -0.25) is 18.8 Å². The second-order valence-electron chi connectivity index (χ2n) is 4.26. The predicted molar refractivity (Wildman–Crippen MR) is 68.6 cm³/mol. The lowest BCUT2D eigenvalue weighted by atomic mass is 10.4. The highest BCUT2D eigenvalue weighted by Crippen LogP contribution is 2.03. The van der Waals surface area contributed by atoms with Crippen LogP contribution < -0.4 is 5.56 Å². The maximum absolute atomic E-state index is 12.1. The average molecular weight is 264 g/mol. The topological polar surface area (TPSA) is 79.0 Å². The molecule has 2 rings (SSSR count). The van der Waals surface area contributed by atoms with E-state index in [0.717, 1.165) is 12.8 Å². The third-order valence-corrected chi connectivity index (χ3v) is 2.78. The van der Waals surface area contributed by atoms with Crippen molar-refractivity contribution >= 4 is 17.0 Å². The van der Waals surface area contributed by atoms with Crippen LogP contribution in [-0.2, 0) is 23.1 Å². The van der Waals surface area contributed by atoms with Gasteiger partial charge in [-0.2, -0.15) is 5.10 Å². The highest BCUT2D eigenvalue weighted by molar-refractivity contribution is 5.74. The van der Waals surface area contributed by atoms with Crippen molar-refractivity contribution in [2.45, 2.75) is 26.3 Å². The molecular weight excluding hydrogens is 248 g/mol. The first kappa shape index (κ1) is 13.3. The van der Waals surface area contributed by atoms with E-state index in [4.69, 9.17) is 4.74 Å². The van der Waals surface area contributed by atoms with Crippen LogP contribution in [-0.4, -0.2) is 31.9 Å². The zero-order valence-corrected chi connectivity index (χ0v) is 11.0. The molecule has 2 heterocycles. The fraction of sp³-hybridized carbons (Fsp3) is 0.500. The molecule has 0 fully saturated rings. The molecule has 0 aliphatic rings. The smallest absolute Gasteiger partial charge is 0.326 e. The molecule has 0 aliphatic heterocycles. The summed E-state index contributed by atoms with van der Waals surface area (Å²) in [6.07, 6.45) is 4.56. The third-order valence-electron chi connectivity index (χ3n) is 2.78. The van der Waals surface area contributed by atoms with E-state index in [-0.39, 0.29) is 12.1 Å². The van der Waals surface area contributed by atoms with Crippen molar-refractivity contribution in [3.63, 3.8) is 0 Å². The molecule has 7 heteroatoms. The molecule has 0 saturated carbocycles. The van der Waals surface area contributed by atoms with Crippen molar-refractivity contribution in [2.75, 3.05) is 6.61 Å². The molecule has 19 heavy (non-hydrogen) atoms. The summed E-state index contributed by atoms with van der Waals surface area (Å²) in [4.78, 5) is 27.7. The summed E-state index contributed by atoms with van der Waals surface area (Å²) in [6, 6.07) is 0. The Hall–Kier alpha value is -2.18. The Balaban J connectivity index is 2.15. The molecule has 2 aromatic heterocycles. The Kier molecular flexibility index (Phi) is 3.94. The van der Waals surface area contributed by atoms with Crippen LogP contribution in [0.25, 0.3) is 11.0 Å². The molecule has 7 nitrogen and oxygen atoms in total. The van der Waals surface area contributed by atoms with Crippen LogP contribution in [0.15, 0.2) is 17.3 Å². The van der Waals surface area contributed by atoms with Crippen molar-refractivity contribution in [1.29, 1.82) is 0 Å². The normalized spacial score (nSPS) is 10.8. The number of carbonyl (C=O) groups is 1. The van der Waals surface area contributed by atoms with Gasteiger partial charge in [0.2, 0.25) is 0 Å². The standard InChI is InChI=1S/C12H16N4O3/c1-3-4-5-19-10(17)7-16-8-13-11-9(12(16)18)6-14-15(11)2/h6,8H,3-5,7H2,1-2H3. The SMILES string of the molecule is CCCCOC(=O)Cn1cnc2c(cnn2C)c1=O.